The highest BCUT2D eigenvalue weighted by Crippen LogP contribution is 2.37. The first-order valence-corrected chi connectivity index (χ1v) is 9.53. The lowest BCUT2D eigenvalue weighted by molar-refractivity contribution is -0.139. The molecule has 3 rings (SSSR count). The van der Waals surface area contributed by atoms with E-state index in [1.807, 2.05) is 45.9 Å². The van der Waals surface area contributed by atoms with Crippen molar-refractivity contribution in [3.05, 3.63) is 35.9 Å². The molecule has 2 aliphatic rings. The van der Waals surface area contributed by atoms with Crippen molar-refractivity contribution in [1.29, 1.82) is 0 Å². The zero-order valence-corrected chi connectivity index (χ0v) is 16.1. The maximum atomic E-state index is 12.8. The van der Waals surface area contributed by atoms with Crippen molar-refractivity contribution in [2.24, 2.45) is 16.9 Å². The van der Waals surface area contributed by atoms with Crippen LogP contribution in [0.5, 0.6) is 11.5 Å². The summed E-state index contributed by atoms with van der Waals surface area (Å²) >= 11 is 0. The van der Waals surface area contributed by atoms with Crippen LogP contribution >= 0.6 is 0 Å². The summed E-state index contributed by atoms with van der Waals surface area (Å²) in [5, 5.41) is 6.41. The Kier molecular flexibility index (Phi) is 5.64. The summed E-state index contributed by atoms with van der Waals surface area (Å²) in [6.45, 7) is 9.08. The van der Waals surface area contributed by atoms with Gasteiger partial charge in [0.1, 0.15) is 0 Å². The van der Waals surface area contributed by atoms with Gasteiger partial charge in [-0.05, 0) is 58.7 Å². The molecule has 1 amide bonds. The number of rotatable bonds is 6. The molecular formula is C21H28N2O3. The molecule has 0 unspecified atom stereocenters. The van der Waals surface area contributed by atoms with E-state index in [0.29, 0.717) is 13.2 Å². The molecule has 1 aromatic carbocycles. The molecule has 140 valence electrons. The quantitative estimate of drug-likeness (QED) is 0.723. The highest BCUT2D eigenvalue weighted by Gasteiger charge is 2.40. The van der Waals surface area contributed by atoms with Gasteiger partial charge in [0.2, 0.25) is 5.91 Å². The molecule has 1 aliphatic heterocycles. The molecule has 0 bridgehead atoms. The second kappa shape index (κ2) is 7.94. The second-order valence-electron chi connectivity index (χ2n) is 6.95. The van der Waals surface area contributed by atoms with E-state index in [2.05, 4.69) is 12.2 Å². The van der Waals surface area contributed by atoms with Gasteiger partial charge in [0.05, 0.1) is 24.8 Å². The van der Waals surface area contributed by atoms with Crippen LogP contribution in [0.2, 0.25) is 0 Å². The van der Waals surface area contributed by atoms with Gasteiger partial charge in [0.25, 0.3) is 0 Å². The van der Waals surface area contributed by atoms with Gasteiger partial charge in [-0.3, -0.25) is 4.79 Å². The van der Waals surface area contributed by atoms with Crippen LogP contribution in [-0.4, -0.2) is 35.9 Å². The van der Waals surface area contributed by atoms with Crippen LogP contribution in [0.3, 0.4) is 0 Å². The minimum absolute atomic E-state index is 0.0305. The molecule has 0 fully saturated rings. The van der Waals surface area contributed by atoms with Crippen molar-refractivity contribution < 1.29 is 14.3 Å². The Morgan fingerprint density at radius 3 is 2.38 bits per heavy atom. The standard InChI is InChI=1S/C21H28N2O3/c1-5-25-18-12-11-15(13-19(18)26-6-2)20-16-9-7-8-10-17(16)21(24)23(22-20)14(3)4/h7-8,11-14,16-17H,5-6,9-10H2,1-4H3/t16-,17+/m1/s1. The topological polar surface area (TPSA) is 51.1 Å². The van der Waals surface area contributed by atoms with Crippen LogP contribution in [0.4, 0.5) is 0 Å². The van der Waals surface area contributed by atoms with E-state index >= 15 is 0 Å². The van der Waals surface area contributed by atoms with Crippen LogP contribution < -0.4 is 9.47 Å². The fraction of sp³-hybridized carbons (Fsp3) is 0.524. The fourth-order valence-corrected chi connectivity index (χ4v) is 3.65. The smallest absolute Gasteiger partial charge is 0.247 e. The summed E-state index contributed by atoms with van der Waals surface area (Å²) < 4.78 is 11.5. The zero-order chi connectivity index (χ0) is 18.7. The van der Waals surface area contributed by atoms with Crippen molar-refractivity contribution in [2.45, 2.75) is 46.6 Å². The minimum Gasteiger partial charge on any atom is -0.490 e. The number of carbonyl (C=O) groups is 1. The second-order valence-corrected chi connectivity index (χ2v) is 6.95. The summed E-state index contributed by atoms with van der Waals surface area (Å²) in [6, 6.07) is 6.00. The molecule has 1 heterocycles. The van der Waals surface area contributed by atoms with Gasteiger partial charge < -0.3 is 9.47 Å². The van der Waals surface area contributed by atoms with E-state index in [0.717, 1.165) is 35.6 Å². The van der Waals surface area contributed by atoms with Gasteiger partial charge in [-0.1, -0.05) is 12.2 Å². The van der Waals surface area contributed by atoms with Crippen LogP contribution in [-0.2, 0) is 4.79 Å². The highest BCUT2D eigenvalue weighted by molar-refractivity contribution is 6.07. The van der Waals surface area contributed by atoms with Crippen molar-refractivity contribution in [3.8, 4) is 11.5 Å². The maximum Gasteiger partial charge on any atom is 0.247 e. The number of ether oxygens (including phenoxy) is 2. The molecule has 5 heteroatoms. The largest absolute Gasteiger partial charge is 0.490 e. The van der Waals surface area contributed by atoms with Crippen LogP contribution in [0, 0.1) is 11.8 Å². The number of hydrogen-bond donors (Lipinski definition) is 0. The minimum atomic E-state index is -0.0305. The number of carbonyl (C=O) groups excluding carboxylic acids is 1. The van der Waals surface area contributed by atoms with Crippen LogP contribution in [0.25, 0.3) is 0 Å². The van der Waals surface area contributed by atoms with Gasteiger partial charge in [-0.15, -0.1) is 0 Å². The Morgan fingerprint density at radius 2 is 1.73 bits per heavy atom. The van der Waals surface area contributed by atoms with E-state index in [4.69, 9.17) is 14.6 Å². The van der Waals surface area contributed by atoms with Crippen molar-refractivity contribution in [2.75, 3.05) is 13.2 Å². The predicted molar refractivity (Wildman–Crippen MR) is 103 cm³/mol. The maximum absolute atomic E-state index is 12.8. The van der Waals surface area contributed by atoms with Crippen molar-refractivity contribution in [3.63, 3.8) is 0 Å². The number of amides is 1. The number of allylic oxidation sites excluding steroid dienone is 2. The van der Waals surface area contributed by atoms with Gasteiger partial charge in [-0.25, -0.2) is 5.01 Å². The molecule has 1 aliphatic carbocycles. The number of benzene rings is 1. The Balaban J connectivity index is 2.04. The van der Waals surface area contributed by atoms with E-state index < -0.39 is 0 Å². The third-order valence-corrected chi connectivity index (χ3v) is 4.87. The Labute approximate surface area is 155 Å². The summed E-state index contributed by atoms with van der Waals surface area (Å²) in [7, 11) is 0. The number of fused-ring (bicyclic) bond motifs is 1. The third-order valence-electron chi connectivity index (χ3n) is 4.87. The average Bonchev–Trinajstić information content (AvgIpc) is 2.64. The Hall–Kier alpha value is -2.30. The van der Waals surface area contributed by atoms with Crippen molar-refractivity contribution in [1.82, 2.24) is 5.01 Å². The molecule has 1 aromatic rings. The number of hydrogen-bond acceptors (Lipinski definition) is 4. The first-order valence-electron chi connectivity index (χ1n) is 9.53. The molecule has 0 saturated carbocycles. The number of hydrazone groups is 1. The molecule has 0 saturated heterocycles. The molecule has 26 heavy (non-hydrogen) atoms. The normalized spacial score (nSPS) is 22.3. The lowest BCUT2D eigenvalue weighted by Crippen LogP contribution is -2.47. The summed E-state index contributed by atoms with van der Waals surface area (Å²) in [5.41, 5.74) is 1.97. The zero-order valence-electron chi connectivity index (χ0n) is 16.1. The summed E-state index contributed by atoms with van der Waals surface area (Å²) in [6.07, 6.45) is 5.90. The SMILES string of the molecule is CCOc1ccc(C2=NN(C(C)C)C(=O)[C@H]3CC=CC[C@@H]23)cc1OCC. The molecule has 0 radical (unpaired) electrons. The van der Waals surface area contributed by atoms with Crippen LogP contribution in [0.1, 0.15) is 46.1 Å². The molecular weight excluding hydrogens is 328 g/mol. The van der Waals surface area contributed by atoms with Gasteiger partial charge in [0.15, 0.2) is 11.5 Å². The third kappa shape index (κ3) is 3.48. The lowest BCUT2D eigenvalue weighted by Gasteiger charge is -2.38. The van der Waals surface area contributed by atoms with Crippen LogP contribution in [0.15, 0.2) is 35.5 Å². The summed E-state index contributed by atoms with van der Waals surface area (Å²) in [5.74, 6) is 1.69. The van der Waals surface area contributed by atoms with E-state index in [9.17, 15) is 4.79 Å². The Bertz CT molecular complexity index is 724. The Morgan fingerprint density at radius 1 is 1.08 bits per heavy atom. The van der Waals surface area contributed by atoms with Gasteiger partial charge in [-0.2, -0.15) is 5.10 Å². The van der Waals surface area contributed by atoms with Gasteiger partial charge in [0, 0.05) is 17.5 Å². The fourth-order valence-electron chi connectivity index (χ4n) is 3.65. The molecule has 0 N–H and O–H groups in total. The first-order chi connectivity index (χ1) is 12.6. The van der Waals surface area contributed by atoms with Gasteiger partial charge >= 0.3 is 0 Å². The predicted octanol–water partition coefficient (Wildman–Crippen LogP) is 4.02. The monoisotopic (exact) mass is 356 g/mol. The lowest BCUT2D eigenvalue weighted by atomic mass is 9.76. The molecule has 0 aromatic heterocycles. The average molecular weight is 356 g/mol. The van der Waals surface area contributed by atoms with Crippen molar-refractivity contribution >= 4 is 11.6 Å². The van der Waals surface area contributed by atoms with E-state index in [1.54, 1.807) is 5.01 Å². The summed E-state index contributed by atoms with van der Waals surface area (Å²) in [4.78, 5) is 12.8. The van der Waals surface area contributed by atoms with E-state index in [1.165, 1.54) is 0 Å². The van der Waals surface area contributed by atoms with E-state index in [-0.39, 0.29) is 23.8 Å². The molecule has 0 spiro atoms. The molecule has 2 atom stereocenters. The first kappa shape index (κ1) is 18.5. The number of nitrogens with zero attached hydrogens (tertiary/aromatic N) is 2. The molecule has 5 nitrogen and oxygen atoms in total. The highest BCUT2D eigenvalue weighted by atomic mass is 16.5.